The molecule has 1 aromatic heterocycles. The minimum Gasteiger partial charge on any atom is -0.383 e. The van der Waals surface area contributed by atoms with Crippen molar-refractivity contribution in [1.82, 2.24) is 4.90 Å². The molecular formula is C14H22BrNO2S. The van der Waals surface area contributed by atoms with Crippen molar-refractivity contribution in [3.05, 3.63) is 20.8 Å². The molecule has 1 rings (SSSR count). The molecule has 1 aromatic rings. The molecule has 0 bridgehead atoms. The third-order valence-electron chi connectivity index (χ3n) is 3.24. The van der Waals surface area contributed by atoms with E-state index in [4.69, 9.17) is 4.74 Å². The van der Waals surface area contributed by atoms with Gasteiger partial charge in [0.05, 0.1) is 21.8 Å². The third-order valence-corrected chi connectivity index (χ3v) is 4.90. The van der Waals surface area contributed by atoms with E-state index >= 15 is 0 Å². The second-order valence-electron chi connectivity index (χ2n) is 4.46. The van der Waals surface area contributed by atoms with Gasteiger partial charge >= 0.3 is 0 Å². The van der Waals surface area contributed by atoms with Crippen LogP contribution < -0.4 is 0 Å². The molecular weight excluding hydrogens is 326 g/mol. The molecule has 0 atom stereocenters. The predicted octanol–water partition coefficient (Wildman–Crippen LogP) is 3.83. The molecule has 5 heteroatoms. The summed E-state index contributed by atoms with van der Waals surface area (Å²) in [4.78, 5) is 15.3. The number of ketones is 1. The van der Waals surface area contributed by atoms with Gasteiger partial charge in [0.25, 0.3) is 0 Å². The molecule has 0 aliphatic rings. The van der Waals surface area contributed by atoms with Gasteiger partial charge in [-0.25, -0.2) is 0 Å². The normalized spacial score (nSPS) is 11.5. The molecule has 0 spiro atoms. The van der Waals surface area contributed by atoms with Gasteiger partial charge in [-0.05, 0) is 40.9 Å². The summed E-state index contributed by atoms with van der Waals surface area (Å²) in [5, 5.41) is 0. The first kappa shape index (κ1) is 16.8. The minimum absolute atomic E-state index is 0.193. The van der Waals surface area contributed by atoms with Gasteiger partial charge in [-0.1, -0.05) is 13.8 Å². The lowest BCUT2D eigenvalue weighted by molar-refractivity contribution is 0.0815. The third kappa shape index (κ3) is 5.34. The second kappa shape index (κ2) is 8.84. The topological polar surface area (TPSA) is 29.5 Å². The average Bonchev–Trinajstić information content (AvgIpc) is 2.83. The molecule has 3 nitrogen and oxygen atoms in total. The molecule has 1 heterocycles. The van der Waals surface area contributed by atoms with Crippen molar-refractivity contribution in [3.8, 4) is 0 Å². The lowest BCUT2D eigenvalue weighted by Gasteiger charge is -2.29. The summed E-state index contributed by atoms with van der Waals surface area (Å²) >= 11 is 4.90. The number of rotatable bonds is 9. The van der Waals surface area contributed by atoms with Crippen molar-refractivity contribution in [2.24, 2.45) is 0 Å². The predicted molar refractivity (Wildman–Crippen MR) is 84.2 cm³/mol. The standard InChI is InChI=1S/C14H22BrNO2S/c1-4-11(5-2)16(8-9-18-3)10-12(17)13-6-7-14(15)19-13/h6-7,11H,4-5,8-10H2,1-3H3. The monoisotopic (exact) mass is 347 g/mol. The highest BCUT2D eigenvalue weighted by Crippen LogP contribution is 2.23. The van der Waals surface area contributed by atoms with Crippen LogP contribution in [0.15, 0.2) is 15.9 Å². The summed E-state index contributed by atoms with van der Waals surface area (Å²) in [5.74, 6) is 0.193. The van der Waals surface area contributed by atoms with Crippen LogP contribution in [0.4, 0.5) is 0 Å². The van der Waals surface area contributed by atoms with Crippen molar-refractivity contribution >= 4 is 33.0 Å². The van der Waals surface area contributed by atoms with Crippen molar-refractivity contribution < 1.29 is 9.53 Å². The van der Waals surface area contributed by atoms with E-state index in [1.165, 1.54) is 11.3 Å². The minimum atomic E-state index is 0.193. The van der Waals surface area contributed by atoms with Crippen LogP contribution in [0.25, 0.3) is 0 Å². The van der Waals surface area contributed by atoms with Gasteiger partial charge in [0.2, 0.25) is 0 Å². The fourth-order valence-corrected chi connectivity index (χ4v) is 3.45. The molecule has 0 radical (unpaired) electrons. The molecule has 108 valence electrons. The maximum absolute atomic E-state index is 12.3. The smallest absolute Gasteiger partial charge is 0.186 e. The highest BCUT2D eigenvalue weighted by Gasteiger charge is 2.19. The molecule has 0 aliphatic carbocycles. The van der Waals surface area contributed by atoms with E-state index in [1.807, 2.05) is 12.1 Å². The van der Waals surface area contributed by atoms with E-state index in [0.717, 1.165) is 28.0 Å². The molecule has 0 unspecified atom stereocenters. The summed E-state index contributed by atoms with van der Waals surface area (Å²) in [7, 11) is 1.70. The van der Waals surface area contributed by atoms with Gasteiger partial charge < -0.3 is 4.74 Å². The number of thiophene rings is 1. The van der Waals surface area contributed by atoms with Crippen LogP contribution >= 0.6 is 27.3 Å². The quantitative estimate of drug-likeness (QED) is 0.635. The molecule has 0 N–H and O–H groups in total. The van der Waals surface area contributed by atoms with E-state index in [-0.39, 0.29) is 5.78 Å². The summed E-state index contributed by atoms with van der Waals surface area (Å²) < 4.78 is 6.15. The molecule has 19 heavy (non-hydrogen) atoms. The number of carbonyl (C=O) groups is 1. The summed E-state index contributed by atoms with van der Waals surface area (Å²) in [5.41, 5.74) is 0. The second-order valence-corrected chi connectivity index (χ2v) is 6.92. The Morgan fingerprint density at radius 3 is 2.58 bits per heavy atom. The maximum Gasteiger partial charge on any atom is 0.186 e. The zero-order valence-electron chi connectivity index (χ0n) is 11.8. The zero-order chi connectivity index (χ0) is 14.3. The number of Topliss-reactive ketones (excluding diaryl/α,β-unsaturated/α-hetero) is 1. The van der Waals surface area contributed by atoms with Crippen LogP contribution in [0.1, 0.15) is 36.4 Å². The Morgan fingerprint density at radius 1 is 1.42 bits per heavy atom. The van der Waals surface area contributed by atoms with Crippen LogP contribution in [0.5, 0.6) is 0 Å². The number of nitrogens with zero attached hydrogens (tertiary/aromatic N) is 1. The van der Waals surface area contributed by atoms with Gasteiger partial charge in [-0.2, -0.15) is 0 Å². The Hall–Kier alpha value is -0.230. The molecule has 0 saturated heterocycles. The van der Waals surface area contributed by atoms with Crippen LogP contribution in [0.2, 0.25) is 0 Å². The summed E-state index contributed by atoms with van der Waals surface area (Å²) in [6.45, 7) is 6.28. The highest BCUT2D eigenvalue weighted by molar-refractivity contribution is 9.11. The first-order valence-electron chi connectivity index (χ1n) is 6.63. The Balaban J connectivity index is 2.67. The summed E-state index contributed by atoms with van der Waals surface area (Å²) in [6.07, 6.45) is 2.11. The Labute approximate surface area is 128 Å². The molecule has 0 fully saturated rings. The lowest BCUT2D eigenvalue weighted by Crippen LogP contribution is -2.40. The number of methoxy groups -OCH3 is 1. The van der Waals surface area contributed by atoms with E-state index in [2.05, 4.69) is 34.7 Å². The Bertz CT molecular complexity index is 391. The fraction of sp³-hybridized carbons (Fsp3) is 0.643. The number of hydrogen-bond donors (Lipinski definition) is 0. The van der Waals surface area contributed by atoms with Crippen LogP contribution in [0.3, 0.4) is 0 Å². The van der Waals surface area contributed by atoms with Crippen molar-refractivity contribution in [2.75, 3.05) is 26.8 Å². The number of halogens is 1. The van der Waals surface area contributed by atoms with Gasteiger partial charge in [0.1, 0.15) is 0 Å². The van der Waals surface area contributed by atoms with E-state index in [1.54, 1.807) is 7.11 Å². The van der Waals surface area contributed by atoms with Crippen LogP contribution in [-0.2, 0) is 4.74 Å². The van der Waals surface area contributed by atoms with E-state index in [0.29, 0.717) is 19.2 Å². The molecule has 0 aromatic carbocycles. The van der Waals surface area contributed by atoms with Crippen molar-refractivity contribution in [3.63, 3.8) is 0 Å². The first-order valence-corrected chi connectivity index (χ1v) is 8.24. The van der Waals surface area contributed by atoms with Crippen molar-refractivity contribution in [1.29, 1.82) is 0 Å². The van der Waals surface area contributed by atoms with Gasteiger partial charge in [-0.3, -0.25) is 9.69 Å². The van der Waals surface area contributed by atoms with Crippen LogP contribution in [0, 0.1) is 0 Å². The van der Waals surface area contributed by atoms with Gasteiger partial charge in [0, 0.05) is 19.7 Å². The van der Waals surface area contributed by atoms with Gasteiger partial charge in [-0.15, -0.1) is 11.3 Å². The van der Waals surface area contributed by atoms with Crippen molar-refractivity contribution in [2.45, 2.75) is 32.7 Å². The fourth-order valence-electron chi connectivity index (χ4n) is 2.13. The number of carbonyl (C=O) groups excluding carboxylic acids is 1. The lowest BCUT2D eigenvalue weighted by atomic mass is 10.1. The molecule has 0 saturated carbocycles. The highest BCUT2D eigenvalue weighted by atomic mass is 79.9. The number of hydrogen-bond acceptors (Lipinski definition) is 4. The first-order chi connectivity index (χ1) is 9.12. The number of ether oxygens (including phenoxy) is 1. The molecule has 0 amide bonds. The Kier molecular flexibility index (Phi) is 7.83. The average molecular weight is 348 g/mol. The largest absolute Gasteiger partial charge is 0.383 e. The SMILES string of the molecule is CCC(CC)N(CCOC)CC(=O)c1ccc(Br)s1. The van der Waals surface area contributed by atoms with Gasteiger partial charge in [0.15, 0.2) is 5.78 Å². The maximum atomic E-state index is 12.3. The summed E-state index contributed by atoms with van der Waals surface area (Å²) in [6, 6.07) is 4.26. The Morgan fingerprint density at radius 2 is 2.11 bits per heavy atom. The van der Waals surface area contributed by atoms with Crippen LogP contribution in [-0.4, -0.2) is 43.5 Å². The van der Waals surface area contributed by atoms with E-state index < -0.39 is 0 Å². The van der Waals surface area contributed by atoms with E-state index in [9.17, 15) is 4.79 Å². The zero-order valence-corrected chi connectivity index (χ0v) is 14.2. The molecule has 0 aliphatic heterocycles.